The highest BCUT2D eigenvalue weighted by Gasteiger charge is 2.18. The second-order valence-electron chi connectivity index (χ2n) is 7.25. The first-order valence-corrected chi connectivity index (χ1v) is 10.4. The third-order valence-electron chi connectivity index (χ3n) is 4.90. The molecule has 0 unspecified atom stereocenters. The van der Waals surface area contributed by atoms with E-state index in [1.807, 2.05) is 57.2 Å². The molecule has 0 atom stereocenters. The molecule has 154 valence electrons. The van der Waals surface area contributed by atoms with Crippen LogP contribution in [-0.2, 0) is 4.79 Å². The van der Waals surface area contributed by atoms with E-state index in [1.54, 1.807) is 0 Å². The Morgan fingerprint density at radius 1 is 1.07 bits per heavy atom. The van der Waals surface area contributed by atoms with Gasteiger partial charge in [0.25, 0.3) is 5.91 Å². The van der Waals surface area contributed by atoms with Crippen LogP contribution in [0.1, 0.15) is 36.5 Å². The first-order chi connectivity index (χ1) is 14.0. The molecule has 3 rings (SSSR count). The van der Waals surface area contributed by atoms with Gasteiger partial charge in [-0.15, -0.1) is 0 Å². The van der Waals surface area contributed by atoms with E-state index in [0.717, 1.165) is 40.5 Å². The number of rotatable bonds is 7. The van der Waals surface area contributed by atoms with Crippen LogP contribution in [-0.4, -0.2) is 42.1 Å². The minimum Gasteiger partial charge on any atom is -0.490 e. The molecule has 1 N–H and O–H groups in total. The summed E-state index contributed by atoms with van der Waals surface area (Å²) in [5.74, 6) is 0.928. The molecule has 1 heterocycles. The molecule has 2 aromatic carbocycles. The van der Waals surface area contributed by atoms with Crippen LogP contribution in [0, 0.1) is 13.8 Å². The average Bonchev–Trinajstić information content (AvgIpc) is 3.23. The quantitative estimate of drug-likeness (QED) is 0.679. The van der Waals surface area contributed by atoms with Gasteiger partial charge < -0.3 is 19.7 Å². The fraction of sp³-hybridized carbons (Fsp3) is 0.391. The topological polar surface area (TPSA) is 50.8 Å². The second-order valence-corrected chi connectivity index (χ2v) is 7.64. The maximum atomic E-state index is 12.3. The summed E-state index contributed by atoms with van der Waals surface area (Å²) in [5, 5.41) is 2.89. The Bertz CT molecular complexity index is 892. The van der Waals surface area contributed by atoms with Crippen molar-refractivity contribution >= 4 is 28.8 Å². The Hall–Kier alpha value is -2.60. The van der Waals surface area contributed by atoms with Gasteiger partial charge in [-0.25, -0.2) is 0 Å². The van der Waals surface area contributed by atoms with Crippen molar-refractivity contribution in [3.05, 3.63) is 53.1 Å². The molecule has 1 aliphatic rings. The lowest BCUT2D eigenvalue weighted by Crippen LogP contribution is -2.26. The van der Waals surface area contributed by atoms with Crippen LogP contribution in [0.25, 0.3) is 0 Å². The van der Waals surface area contributed by atoms with Crippen molar-refractivity contribution in [2.24, 2.45) is 0 Å². The zero-order valence-electron chi connectivity index (χ0n) is 17.3. The highest BCUT2D eigenvalue weighted by molar-refractivity contribution is 7.80. The molecule has 0 spiro atoms. The summed E-state index contributed by atoms with van der Waals surface area (Å²) in [7, 11) is 0. The highest BCUT2D eigenvalue weighted by atomic mass is 32.1. The smallest absolute Gasteiger partial charge is 0.262 e. The van der Waals surface area contributed by atoms with Gasteiger partial charge in [0.2, 0.25) is 0 Å². The molecule has 2 aromatic rings. The van der Waals surface area contributed by atoms with Crippen molar-refractivity contribution in [1.29, 1.82) is 0 Å². The number of anilines is 1. The van der Waals surface area contributed by atoms with Crippen LogP contribution in [0.15, 0.2) is 36.4 Å². The van der Waals surface area contributed by atoms with Gasteiger partial charge >= 0.3 is 0 Å². The monoisotopic (exact) mass is 412 g/mol. The van der Waals surface area contributed by atoms with Gasteiger partial charge in [0, 0.05) is 24.3 Å². The first kappa shape index (κ1) is 21.1. The van der Waals surface area contributed by atoms with Crippen molar-refractivity contribution in [2.75, 3.05) is 31.6 Å². The Kier molecular flexibility index (Phi) is 7.09. The average molecular weight is 413 g/mol. The second kappa shape index (κ2) is 9.74. The summed E-state index contributed by atoms with van der Waals surface area (Å²) < 4.78 is 11.5. The van der Waals surface area contributed by atoms with E-state index in [-0.39, 0.29) is 12.5 Å². The Balaban J connectivity index is 1.66. The first-order valence-electron chi connectivity index (χ1n) is 10.0. The van der Waals surface area contributed by atoms with Crippen LogP contribution in [0.4, 0.5) is 5.69 Å². The molecule has 0 aromatic heterocycles. The molecule has 1 fully saturated rings. The molecular formula is C23H28N2O3S. The summed E-state index contributed by atoms with van der Waals surface area (Å²) in [4.78, 5) is 15.4. The van der Waals surface area contributed by atoms with Crippen molar-refractivity contribution in [3.63, 3.8) is 0 Å². The SMILES string of the molecule is CCOc1cc(C(=S)N2CCCC2)ccc1OCC(=O)Nc1ccc(C)cc1C. The summed E-state index contributed by atoms with van der Waals surface area (Å²) in [6.07, 6.45) is 2.35. The van der Waals surface area contributed by atoms with E-state index in [0.29, 0.717) is 18.1 Å². The number of hydrogen-bond donors (Lipinski definition) is 1. The number of nitrogens with one attached hydrogen (secondary N) is 1. The Morgan fingerprint density at radius 3 is 2.52 bits per heavy atom. The molecule has 0 radical (unpaired) electrons. The minimum absolute atomic E-state index is 0.0939. The highest BCUT2D eigenvalue weighted by Crippen LogP contribution is 2.30. The van der Waals surface area contributed by atoms with Gasteiger partial charge in [-0.1, -0.05) is 29.9 Å². The van der Waals surface area contributed by atoms with E-state index in [9.17, 15) is 4.79 Å². The van der Waals surface area contributed by atoms with Gasteiger partial charge in [0.1, 0.15) is 4.99 Å². The largest absolute Gasteiger partial charge is 0.490 e. The summed E-state index contributed by atoms with van der Waals surface area (Å²) >= 11 is 5.63. The number of ether oxygens (including phenoxy) is 2. The molecular weight excluding hydrogens is 384 g/mol. The lowest BCUT2D eigenvalue weighted by atomic mass is 10.1. The predicted octanol–water partition coefficient (Wildman–Crippen LogP) is 4.49. The lowest BCUT2D eigenvalue weighted by molar-refractivity contribution is -0.118. The lowest BCUT2D eigenvalue weighted by Gasteiger charge is -2.20. The Morgan fingerprint density at radius 2 is 1.83 bits per heavy atom. The number of nitrogens with zero attached hydrogens (tertiary/aromatic N) is 1. The number of benzene rings is 2. The number of likely N-dealkylation sites (tertiary alicyclic amines) is 1. The predicted molar refractivity (Wildman–Crippen MR) is 120 cm³/mol. The Labute approximate surface area is 178 Å². The summed E-state index contributed by atoms with van der Waals surface area (Å²) in [5.41, 5.74) is 3.91. The molecule has 0 saturated carbocycles. The van der Waals surface area contributed by atoms with Crippen LogP contribution in [0.5, 0.6) is 11.5 Å². The molecule has 1 saturated heterocycles. The van der Waals surface area contributed by atoms with E-state index in [1.165, 1.54) is 12.8 Å². The van der Waals surface area contributed by atoms with Gasteiger partial charge in [0.15, 0.2) is 18.1 Å². The molecule has 29 heavy (non-hydrogen) atoms. The zero-order chi connectivity index (χ0) is 20.8. The van der Waals surface area contributed by atoms with E-state index >= 15 is 0 Å². The summed E-state index contributed by atoms with van der Waals surface area (Å²) in [6, 6.07) is 11.6. The van der Waals surface area contributed by atoms with E-state index in [2.05, 4.69) is 10.2 Å². The van der Waals surface area contributed by atoms with Crippen LogP contribution < -0.4 is 14.8 Å². The third kappa shape index (κ3) is 5.48. The van der Waals surface area contributed by atoms with Crippen LogP contribution >= 0.6 is 12.2 Å². The van der Waals surface area contributed by atoms with Gasteiger partial charge in [-0.05, 0) is 63.4 Å². The number of hydrogen-bond acceptors (Lipinski definition) is 4. The van der Waals surface area contributed by atoms with E-state index in [4.69, 9.17) is 21.7 Å². The van der Waals surface area contributed by atoms with Crippen LogP contribution in [0.3, 0.4) is 0 Å². The number of aryl methyl sites for hydroxylation is 2. The van der Waals surface area contributed by atoms with Crippen molar-refractivity contribution < 1.29 is 14.3 Å². The summed E-state index contributed by atoms with van der Waals surface area (Å²) in [6.45, 7) is 8.32. The standard InChI is InChI=1S/C23H28N2O3S/c1-4-27-21-14-18(23(29)25-11-5-6-12-25)8-10-20(21)28-15-22(26)24-19-9-7-16(2)13-17(19)3/h7-10,13-14H,4-6,11-12,15H2,1-3H3,(H,24,26). The maximum absolute atomic E-state index is 12.3. The van der Waals surface area contributed by atoms with Crippen molar-refractivity contribution in [2.45, 2.75) is 33.6 Å². The number of carbonyl (C=O) groups is 1. The van der Waals surface area contributed by atoms with Gasteiger partial charge in [0.05, 0.1) is 6.61 Å². The normalized spacial score (nSPS) is 13.3. The van der Waals surface area contributed by atoms with Crippen molar-refractivity contribution in [3.8, 4) is 11.5 Å². The van der Waals surface area contributed by atoms with Gasteiger partial charge in [-0.2, -0.15) is 0 Å². The van der Waals surface area contributed by atoms with Crippen molar-refractivity contribution in [1.82, 2.24) is 4.90 Å². The number of amides is 1. The molecule has 5 nitrogen and oxygen atoms in total. The molecule has 6 heteroatoms. The third-order valence-corrected chi connectivity index (χ3v) is 5.39. The number of carbonyl (C=O) groups excluding carboxylic acids is 1. The fourth-order valence-electron chi connectivity index (χ4n) is 3.41. The fourth-order valence-corrected chi connectivity index (χ4v) is 3.72. The minimum atomic E-state index is -0.212. The molecule has 0 aliphatic carbocycles. The maximum Gasteiger partial charge on any atom is 0.262 e. The van der Waals surface area contributed by atoms with E-state index < -0.39 is 0 Å². The number of thiocarbonyl (C=S) groups is 1. The molecule has 1 amide bonds. The van der Waals surface area contributed by atoms with Crippen LogP contribution in [0.2, 0.25) is 0 Å². The zero-order valence-corrected chi connectivity index (χ0v) is 18.1. The molecule has 0 bridgehead atoms. The molecule has 1 aliphatic heterocycles. The van der Waals surface area contributed by atoms with Gasteiger partial charge in [-0.3, -0.25) is 4.79 Å².